The molecule has 2 rings (SSSR count). The van der Waals surface area contributed by atoms with Crippen molar-refractivity contribution in [1.29, 1.82) is 0 Å². The Balaban J connectivity index is 2.26. The highest BCUT2D eigenvalue weighted by Gasteiger charge is 2.66. The Labute approximate surface area is 134 Å². The maximum absolute atomic E-state index is 13.6. The molecule has 2 N–H and O–H groups in total. The zero-order chi connectivity index (χ0) is 17.4. The lowest BCUT2D eigenvalue weighted by Crippen LogP contribution is -2.76. The third kappa shape index (κ3) is 2.72. The highest BCUT2D eigenvalue weighted by Crippen LogP contribution is 2.51. The number of carbonyl (C=O) groups excluding carboxylic acids is 1. The van der Waals surface area contributed by atoms with Crippen molar-refractivity contribution in [3.8, 4) is 0 Å². The van der Waals surface area contributed by atoms with E-state index in [0.717, 1.165) is 6.07 Å². The van der Waals surface area contributed by atoms with E-state index < -0.39 is 28.6 Å². The standard InChI is InChI=1S/C17H22FNO4/c1-5-23-13-9-17(15(21)22,16(13,3)4)19-14(20)11-7-6-10(2)12(18)8-11/h6-8,13H,5,9H2,1-4H3,(H,19,20)(H,21,22). The Bertz CT molecular complexity index is 643. The maximum atomic E-state index is 13.6. The van der Waals surface area contributed by atoms with E-state index in [9.17, 15) is 19.1 Å². The summed E-state index contributed by atoms with van der Waals surface area (Å²) >= 11 is 0. The van der Waals surface area contributed by atoms with Gasteiger partial charge in [0.15, 0.2) is 0 Å². The number of rotatable bonds is 5. The lowest BCUT2D eigenvalue weighted by Gasteiger charge is -2.58. The van der Waals surface area contributed by atoms with Crippen LogP contribution in [0, 0.1) is 18.2 Å². The smallest absolute Gasteiger partial charge is 0.330 e. The minimum atomic E-state index is -1.43. The van der Waals surface area contributed by atoms with Crippen molar-refractivity contribution in [2.24, 2.45) is 5.41 Å². The predicted octanol–water partition coefficient (Wildman–Crippen LogP) is 2.52. The molecule has 1 aliphatic carbocycles. The zero-order valence-electron chi connectivity index (χ0n) is 13.8. The first-order valence-electron chi connectivity index (χ1n) is 7.59. The third-order valence-electron chi connectivity index (χ3n) is 4.89. The summed E-state index contributed by atoms with van der Waals surface area (Å²) in [6, 6.07) is 4.09. The Kier molecular flexibility index (Phi) is 4.48. The Hall–Kier alpha value is -1.95. The lowest BCUT2D eigenvalue weighted by molar-refractivity contribution is -0.190. The number of ether oxygens (including phenoxy) is 1. The van der Waals surface area contributed by atoms with E-state index in [0.29, 0.717) is 12.2 Å². The van der Waals surface area contributed by atoms with Crippen LogP contribution in [-0.4, -0.2) is 35.2 Å². The molecule has 0 bridgehead atoms. The van der Waals surface area contributed by atoms with Gasteiger partial charge in [-0.15, -0.1) is 0 Å². The maximum Gasteiger partial charge on any atom is 0.330 e. The summed E-state index contributed by atoms with van der Waals surface area (Å²) in [5.41, 5.74) is -1.67. The average molecular weight is 323 g/mol. The molecule has 2 unspecified atom stereocenters. The number of carbonyl (C=O) groups is 2. The molecule has 6 heteroatoms. The van der Waals surface area contributed by atoms with E-state index in [1.54, 1.807) is 20.8 Å². The molecule has 0 aromatic heterocycles. The second-order valence-electron chi connectivity index (χ2n) is 6.50. The molecule has 1 fully saturated rings. The SMILES string of the molecule is CCOC1CC(NC(=O)c2ccc(C)c(F)c2)(C(=O)O)C1(C)C. The number of benzene rings is 1. The minimum absolute atomic E-state index is 0.101. The van der Waals surface area contributed by atoms with E-state index in [1.165, 1.54) is 12.1 Å². The van der Waals surface area contributed by atoms with Crippen molar-refractivity contribution in [3.63, 3.8) is 0 Å². The number of amides is 1. The highest BCUT2D eigenvalue weighted by molar-refractivity contribution is 5.98. The van der Waals surface area contributed by atoms with Crippen LogP contribution in [0.4, 0.5) is 4.39 Å². The molecule has 1 aliphatic rings. The monoisotopic (exact) mass is 323 g/mol. The van der Waals surface area contributed by atoms with Crippen LogP contribution in [0.1, 0.15) is 43.1 Å². The van der Waals surface area contributed by atoms with Gasteiger partial charge in [-0.2, -0.15) is 0 Å². The van der Waals surface area contributed by atoms with Gasteiger partial charge in [-0.25, -0.2) is 9.18 Å². The Morgan fingerprint density at radius 1 is 1.43 bits per heavy atom. The lowest BCUT2D eigenvalue weighted by atomic mass is 9.54. The molecule has 2 atom stereocenters. The van der Waals surface area contributed by atoms with Crippen LogP contribution in [0.5, 0.6) is 0 Å². The highest BCUT2D eigenvalue weighted by atomic mass is 19.1. The van der Waals surface area contributed by atoms with E-state index in [4.69, 9.17) is 4.74 Å². The van der Waals surface area contributed by atoms with Gasteiger partial charge in [0.05, 0.1) is 6.10 Å². The number of carboxylic acids is 1. The number of halogens is 1. The first kappa shape index (κ1) is 17.4. The van der Waals surface area contributed by atoms with Crippen LogP contribution in [0.15, 0.2) is 18.2 Å². The van der Waals surface area contributed by atoms with Gasteiger partial charge >= 0.3 is 5.97 Å². The van der Waals surface area contributed by atoms with Gasteiger partial charge in [-0.1, -0.05) is 19.9 Å². The number of aliphatic carboxylic acids is 1. The normalized spacial score (nSPS) is 25.5. The molecule has 5 nitrogen and oxygen atoms in total. The second kappa shape index (κ2) is 5.92. The largest absolute Gasteiger partial charge is 0.479 e. The molecular formula is C17H22FNO4. The fourth-order valence-corrected chi connectivity index (χ4v) is 3.04. The fraction of sp³-hybridized carbons (Fsp3) is 0.529. The molecule has 0 saturated heterocycles. The first-order valence-corrected chi connectivity index (χ1v) is 7.59. The van der Waals surface area contributed by atoms with Crippen LogP contribution in [0.25, 0.3) is 0 Å². The Morgan fingerprint density at radius 3 is 2.57 bits per heavy atom. The molecule has 0 heterocycles. The van der Waals surface area contributed by atoms with Crippen LogP contribution in [0.2, 0.25) is 0 Å². The van der Waals surface area contributed by atoms with E-state index in [2.05, 4.69) is 5.32 Å². The van der Waals surface area contributed by atoms with Gasteiger partial charge in [0, 0.05) is 24.0 Å². The number of carboxylic acid groups (broad SMARTS) is 1. The molecule has 1 aromatic carbocycles. The van der Waals surface area contributed by atoms with E-state index in [-0.39, 0.29) is 18.1 Å². The van der Waals surface area contributed by atoms with Crippen LogP contribution in [0.3, 0.4) is 0 Å². The summed E-state index contributed by atoms with van der Waals surface area (Å²) < 4.78 is 19.2. The van der Waals surface area contributed by atoms with Crippen molar-refractivity contribution in [1.82, 2.24) is 5.32 Å². The van der Waals surface area contributed by atoms with Gasteiger partial charge < -0.3 is 15.2 Å². The first-order chi connectivity index (χ1) is 10.7. The summed E-state index contributed by atoms with van der Waals surface area (Å²) in [5.74, 6) is -2.21. The molecule has 1 saturated carbocycles. The van der Waals surface area contributed by atoms with Gasteiger partial charge in [-0.05, 0) is 31.5 Å². The van der Waals surface area contributed by atoms with Gasteiger partial charge in [0.25, 0.3) is 5.91 Å². The summed E-state index contributed by atoms with van der Waals surface area (Å²) in [5, 5.41) is 12.2. The van der Waals surface area contributed by atoms with Gasteiger partial charge in [0.2, 0.25) is 0 Å². The number of hydrogen-bond acceptors (Lipinski definition) is 3. The van der Waals surface area contributed by atoms with Crippen molar-refractivity contribution < 1.29 is 23.8 Å². The number of hydrogen-bond donors (Lipinski definition) is 2. The predicted molar refractivity (Wildman–Crippen MR) is 82.8 cm³/mol. The average Bonchev–Trinajstić information content (AvgIpc) is 2.48. The van der Waals surface area contributed by atoms with Crippen LogP contribution in [-0.2, 0) is 9.53 Å². The van der Waals surface area contributed by atoms with E-state index >= 15 is 0 Å². The number of aryl methyl sites for hydroxylation is 1. The molecule has 0 aliphatic heterocycles. The zero-order valence-corrected chi connectivity index (χ0v) is 13.8. The van der Waals surface area contributed by atoms with Gasteiger partial charge in [-0.3, -0.25) is 4.79 Å². The molecule has 1 amide bonds. The minimum Gasteiger partial charge on any atom is -0.479 e. The topological polar surface area (TPSA) is 75.6 Å². The molecule has 1 aromatic rings. The van der Waals surface area contributed by atoms with E-state index in [1.807, 2.05) is 6.92 Å². The fourth-order valence-electron chi connectivity index (χ4n) is 3.04. The molecular weight excluding hydrogens is 301 g/mol. The summed E-state index contributed by atoms with van der Waals surface area (Å²) in [7, 11) is 0. The molecule has 0 radical (unpaired) electrons. The van der Waals surface area contributed by atoms with Crippen molar-refractivity contribution in [2.75, 3.05) is 6.61 Å². The van der Waals surface area contributed by atoms with Crippen molar-refractivity contribution in [2.45, 2.75) is 45.8 Å². The second-order valence-corrected chi connectivity index (χ2v) is 6.50. The molecule has 0 spiro atoms. The summed E-state index contributed by atoms with van der Waals surface area (Å²) in [6.07, 6.45) is -0.0675. The summed E-state index contributed by atoms with van der Waals surface area (Å²) in [6.45, 7) is 7.41. The van der Waals surface area contributed by atoms with Crippen LogP contribution < -0.4 is 5.32 Å². The third-order valence-corrected chi connectivity index (χ3v) is 4.89. The van der Waals surface area contributed by atoms with Gasteiger partial charge in [0.1, 0.15) is 11.4 Å². The number of nitrogens with one attached hydrogen (secondary N) is 1. The quantitative estimate of drug-likeness (QED) is 0.873. The Morgan fingerprint density at radius 2 is 2.09 bits per heavy atom. The molecule has 23 heavy (non-hydrogen) atoms. The van der Waals surface area contributed by atoms with Crippen LogP contribution >= 0.6 is 0 Å². The van der Waals surface area contributed by atoms with Crippen molar-refractivity contribution >= 4 is 11.9 Å². The molecule has 126 valence electrons. The van der Waals surface area contributed by atoms with Crippen molar-refractivity contribution in [3.05, 3.63) is 35.1 Å². The summed E-state index contributed by atoms with van der Waals surface area (Å²) in [4.78, 5) is 24.2.